The maximum absolute atomic E-state index is 12.1. The number of hydrogen-bond acceptors (Lipinski definition) is 2. The molecule has 2 aliphatic rings. The van der Waals surface area contributed by atoms with Crippen LogP contribution in [0.15, 0.2) is 46.0 Å². The van der Waals surface area contributed by atoms with Gasteiger partial charge >= 0.3 is 11.9 Å². The number of carbonyl (C=O) groups is 2. The zero-order valence-corrected chi connectivity index (χ0v) is 14.3. The van der Waals surface area contributed by atoms with Crippen LogP contribution in [0.3, 0.4) is 0 Å². The van der Waals surface area contributed by atoms with Crippen molar-refractivity contribution in [2.75, 3.05) is 0 Å². The highest BCUT2D eigenvalue weighted by Crippen LogP contribution is 2.48. The Morgan fingerprint density at radius 2 is 1.96 bits per heavy atom. The summed E-state index contributed by atoms with van der Waals surface area (Å²) >= 11 is 3.57. The molecule has 23 heavy (non-hydrogen) atoms. The molecule has 0 saturated heterocycles. The summed E-state index contributed by atoms with van der Waals surface area (Å²) < 4.78 is 0.791. The lowest BCUT2D eigenvalue weighted by molar-refractivity contribution is -0.142. The predicted molar refractivity (Wildman–Crippen MR) is 89.5 cm³/mol. The van der Waals surface area contributed by atoms with Gasteiger partial charge in [0.1, 0.15) is 5.41 Å². The van der Waals surface area contributed by atoms with Gasteiger partial charge in [-0.25, -0.2) is 4.79 Å². The average Bonchev–Trinajstić information content (AvgIpc) is 3.32. The van der Waals surface area contributed by atoms with Gasteiger partial charge in [0.05, 0.1) is 0 Å². The SMILES string of the molecule is CC1=C(C(=O)O)CC(C(=O)O)(c2cccc(C3CC3)c2Br)C=C1. The Morgan fingerprint density at radius 3 is 2.52 bits per heavy atom. The molecule has 4 nitrogen and oxygen atoms in total. The number of carboxylic acids is 2. The van der Waals surface area contributed by atoms with Crippen LogP contribution in [0.1, 0.15) is 43.2 Å². The predicted octanol–water partition coefficient (Wildman–Crippen LogP) is 4.01. The van der Waals surface area contributed by atoms with E-state index in [1.807, 2.05) is 12.1 Å². The quantitative estimate of drug-likeness (QED) is 0.832. The first-order valence-corrected chi connectivity index (χ1v) is 8.30. The number of benzene rings is 1. The van der Waals surface area contributed by atoms with Crippen LogP contribution in [0, 0.1) is 0 Å². The summed E-state index contributed by atoms with van der Waals surface area (Å²) in [5.74, 6) is -1.63. The highest BCUT2D eigenvalue weighted by Gasteiger charge is 2.44. The van der Waals surface area contributed by atoms with Crippen LogP contribution in [0.4, 0.5) is 0 Å². The van der Waals surface area contributed by atoms with Crippen LogP contribution >= 0.6 is 15.9 Å². The van der Waals surface area contributed by atoms with E-state index in [0.29, 0.717) is 17.1 Å². The molecule has 1 unspecified atom stereocenters. The lowest BCUT2D eigenvalue weighted by Crippen LogP contribution is -2.37. The standard InChI is InChI=1S/C18H17BrO4/c1-10-7-8-18(17(22)23,9-13(10)16(20)21)14-4-2-3-12(15(14)19)11-5-6-11/h2-4,7-8,11H,5-6,9H2,1H3,(H,20,21)(H,22,23). The Hall–Kier alpha value is -1.88. The number of halogens is 1. The zero-order valence-electron chi connectivity index (χ0n) is 12.7. The Morgan fingerprint density at radius 1 is 1.26 bits per heavy atom. The van der Waals surface area contributed by atoms with E-state index in [2.05, 4.69) is 15.9 Å². The molecule has 0 aromatic heterocycles. The molecule has 5 heteroatoms. The lowest BCUT2D eigenvalue weighted by atomic mass is 9.71. The smallest absolute Gasteiger partial charge is 0.331 e. The molecule has 0 amide bonds. The summed E-state index contributed by atoms with van der Waals surface area (Å²) in [6.45, 7) is 1.70. The minimum Gasteiger partial charge on any atom is -0.480 e. The van der Waals surface area contributed by atoms with Crippen molar-refractivity contribution in [3.63, 3.8) is 0 Å². The molecule has 0 bridgehead atoms. The minimum atomic E-state index is -1.35. The van der Waals surface area contributed by atoms with E-state index in [4.69, 9.17) is 0 Å². The van der Waals surface area contributed by atoms with Gasteiger partial charge in [0, 0.05) is 16.5 Å². The normalized spacial score (nSPS) is 23.9. The molecule has 120 valence electrons. The fraction of sp³-hybridized carbons (Fsp3) is 0.333. The van der Waals surface area contributed by atoms with Crippen molar-refractivity contribution in [2.45, 2.75) is 37.5 Å². The molecule has 1 atom stereocenters. The second kappa shape index (κ2) is 5.64. The molecule has 0 spiro atoms. The van der Waals surface area contributed by atoms with Gasteiger partial charge in [-0.05, 0) is 42.4 Å². The van der Waals surface area contributed by atoms with Gasteiger partial charge in [-0.15, -0.1) is 0 Å². The Kier molecular flexibility index (Phi) is 3.92. The van der Waals surface area contributed by atoms with Crippen LogP contribution in [-0.4, -0.2) is 22.2 Å². The fourth-order valence-electron chi connectivity index (χ4n) is 3.14. The van der Waals surface area contributed by atoms with Gasteiger partial charge in [0.25, 0.3) is 0 Å². The lowest BCUT2D eigenvalue weighted by Gasteiger charge is -2.31. The highest BCUT2D eigenvalue weighted by atomic mass is 79.9. The monoisotopic (exact) mass is 376 g/mol. The number of aliphatic carboxylic acids is 2. The van der Waals surface area contributed by atoms with Crippen molar-refractivity contribution < 1.29 is 19.8 Å². The van der Waals surface area contributed by atoms with E-state index >= 15 is 0 Å². The van der Waals surface area contributed by atoms with E-state index < -0.39 is 17.4 Å². The molecule has 2 aliphatic carbocycles. The summed E-state index contributed by atoms with van der Waals surface area (Å²) in [6.07, 6.45) is 5.40. The van der Waals surface area contributed by atoms with Crippen molar-refractivity contribution in [1.82, 2.24) is 0 Å². The molecule has 2 N–H and O–H groups in total. The first-order chi connectivity index (χ1) is 10.9. The van der Waals surface area contributed by atoms with Gasteiger partial charge in [0.15, 0.2) is 0 Å². The third-order valence-corrected chi connectivity index (χ3v) is 5.60. The largest absolute Gasteiger partial charge is 0.480 e. The Labute approximate surface area is 142 Å². The maximum atomic E-state index is 12.1. The van der Waals surface area contributed by atoms with E-state index in [9.17, 15) is 19.8 Å². The van der Waals surface area contributed by atoms with Gasteiger partial charge < -0.3 is 10.2 Å². The Balaban J connectivity index is 2.15. The maximum Gasteiger partial charge on any atom is 0.331 e. The molecule has 1 aromatic rings. The second-order valence-electron chi connectivity index (χ2n) is 6.24. The van der Waals surface area contributed by atoms with Crippen molar-refractivity contribution in [3.05, 3.63) is 57.1 Å². The molecular formula is C18H17BrO4. The third-order valence-electron chi connectivity index (χ3n) is 4.72. The van der Waals surface area contributed by atoms with Crippen molar-refractivity contribution >= 4 is 27.9 Å². The van der Waals surface area contributed by atoms with Crippen LogP contribution in [0.2, 0.25) is 0 Å². The molecule has 1 saturated carbocycles. The van der Waals surface area contributed by atoms with E-state index in [1.54, 1.807) is 25.1 Å². The van der Waals surface area contributed by atoms with Crippen molar-refractivity contribution in [1.29, 1.82) is 0 Å². The number of rotatable bonds is 4. The number of carboxylic acid groups (broad SMARTS) is 2. The molecule has 1 fully saturated rings. The molecule has 0 radical (unpaired) electrons. The van der Waals surface area contributed by atoms with Crippen LogP contribution in [-0.2, 0) is 15.0 Å². The topological polar surface area (TPSA) is 74.6 Å². The van der Waals surface area contributed by atoms with E-state index in [0.717, 1.165) is 22.9 Å². The van der Waals surface area contributed by atoms with E-state index in [-0.39, 0.29) is 12.0 Å². The fourth-order valence-corrected chi connectivity index (χ4v) is 4.08. The summed E-state index contributed by atoms with van der Waals surface area (Å²) in [5.41, 5.74) is 1.13. The van der Waals surface area contributed by atoms with Crippen LogP contribution in [0.25, 0.3) is 0 Å². The molecule has 3 rings (SSSR count). The van der Waals surface area contributed by atoms with Gasteiger partial charge in [-0.1, -0.05) is 46.3 Å². The summed E-state index contributed by atoms with van der Waals surface area (Å²) in [6, 6.07) is 5.64. The molecular weight excluding hydrogens is 360 g/mol. The van der Waals surface area contributed by atoms with Crippen molar-refractivity contribution in [2.24, 2.45) is 0 Å². The first-order valence-electron chi connectivity index (χ1n) is 7.51. The van der Waals surface area contributed by atoms with E-state index in [1.165, 1.54) is 0 Å². The van der Waals surface area contributed by atoms with Gasteiger partial charge in [-0.3, -0.25) is 4.79 Å². The van der Waals surface area contributed by atoms with Crippen LogP contribution in [0.5, 0.6) is 0 Å². The molecule has 0 heterocycles. The number of hydrogen-bond donors (Lipinski definition) is 2. The van der Waals surface area contributed by atoms with Crippen LogP contribution < -0.4 is 0 Å². The zero-order chi connectivity index (χ0) is 16.8. The highest BCUT2D eigenvalue weighted by molar-refractivity contribution is 9.10. The number of allylic oxidation sites excluding steroid dienone is 2. The molecule has 0 aliphatic heterocycles. The van der Waals surface area contributed by atoms with Crippen molar-refractivity contribution in [3.8, 4) is 0 Å². The minimum absolute atomic E-state index is 0.0489. The summed E-state index contributed by atoms with van der Waals surface area (Å²) in [5, 5.41) is 19.3. The average molecular weight is 377 g/mol. The van der Waals surface area contributed by atoms with Gasteiger partial charge in [-0.2, -0.15) is 0 Å². The molecule has 1 aromatic carbocycles. The summed E-state index contributed by atoms with van der Waals surface area (Å²) in [4.78, 5) is 23.6. The second-order valence-corrected chi connectivity index (χ2v) is 7.03. The van der Waals surface area contributed by atoms with Gasteiger partial charge in [0.2, 0.25) is 0 Å². The summed E-state index contributed by atoms with van der Waals surface area (Å²) in [7, 11) is 0. The third kappa shape index (κ3) is 2.63. The Bertz CT molecular complexity index is 758. The first kappa shape index (κ1) is 16.0.